The summed E-state index contributed by atoms with van der Waals surface area (Å²) in [5.41, 5.74) is 1.09. The van der Waals surface area contributed by atoms with Crippen molar-refractivity contribution in [2.24, 2.45) is 22.7 Å². The molecule has 0 N–H and O–H groups in total. The number of piperidine rings is 1. The molecule has 0 radical (unpaired) electrons. The van der Waals surface area contributed by atoms with Gasteiger partial charge in [0.05, 0.1) is 12.0 Å². The Hall–Kier alpha value is -0.830. The molecule has 2 saturated carbocycles. The molecule has 118 valence electrons. The fourth-order valence-corrected chi connectivity index (χ4v) is 5.05. The maximum Gasteiger partial charge on any atom is 0.232 e. The molecule has 0 spiro atoms. The molecule has 3 rings (SSSR count). The third-order valence-corrected chi connectivity index (χ3v) is 6.51. The first-order chi connectivity index (χ1) is 9.91. The third kappa shape index (κ3) is 2.16. The number of ether oxygens (including phenoxy) is 1. The van der Waals surface area contributed by atoms with Crippen molar-refractivity contribution < 1.29 is 9.53 Å². The topological polar surface area (TPSA) is 29.5 Å². The van der Waals surface area contributed by atoms with Gasteiger partial charge >= 0.3 is 0 Å². The van der Waals surface area contributed by atoms with Gasteiger partial charge in [0, 0.05) is 20.2 Å². The Morgan fingerprint density at radius 1 is 1.43 bits per heavy atom. The predicted octanol–water partition coefficient (Wildman–Crippen LogP) is 3.25. The van der Waals surface area contributed by atoms with E-state index in [9.17, 15) is 4.79 Å². The Kier molecular flexibility index (Phi) is 3.67. The van der Waals surface area contributed by atoms with Crippen LogP contribution in [0, 0.1) is 22.7 Å². The van der Waals surface area contributed by atoms with Crippen LogP contribution in [0.15, 0.2) is 12.2 Å². The molecule has 0 aromatic heterocycles. The van der Waals surface area contributed by atoms with Gasteiger partial charge in [-0.25, -0.2) is 0 Å². The first kappa shape index (κ1) is 15.1. The highest BCUT2D eigenvalue weighted by molar-refractivity contribution is 5.87. The van der Waals surface area contributed by atoms with Gasteiger partial charge in [-0.05, 0) is 49.4 Å². The van der Waals surface area contributed by atoms with Crippen molar-refractivity contribution in [2.45, 2.75) is 46.0 Å². The second kappa shape index (κ2) is 5.12. The van der Waals surface area contributed by atoms with Crippen LogP contribution in [0.1, 0.15) is 46.0 Å². The van der Waals surface area contributed by atoms with Crippen molar-refractivity contribution in [2.75, 3.05) is 26.8 Å². The number of hydrogen-bond acceptors (Lipinski definition) is 2. The zero-order chi connectivity index (χ0) is 15.3. The summed E-state index contributed by atoms with van der Waals surface area (Å²) in [6.45, 7) is 11.5. The summed E-state index contributed by atoms with van der Waals surface area (Å²) < 4.78 is 5.29. The number of methoxy groups -OCH3 is 1. The van der Waals surface area contributed by atoms with Crippen LogP contribution in [0.4, 0.5) is 0 Å². The van der Waals surface area contributed by atoms with Crippen LogP contribution in [-0.2, 0) is 9.53 Å². The second-order valence-corrected chi connectivity index (χ2v) is 7.94. The van der Waals surface area contributed by atoms with Crippen LogP contribution in [-0.4, -0.2) is 37.6 Å². The fraction of sp³-hybridized carbons (Fsp3) is 0.833. The quantitative estimate of drug-likeness (QED) is 0.747. The SMILES string of the molecule is C=C1C2(C(=O)N3CCCC(COC)C3)CCC(C2)C1(C)C. The van der Waals surface area contributed by atoms with Crippen molar-refractivity contribution in [3.8, 4) is 0 Å². The molecule has 0 aromatic rings. The van der Waals surface area contributed by atoms with Crippen LogP contribution in [0.2, 0.25) is 0 Å². The summed E-state index contributed by atoms with van der Waals surface area (Å²) in [5, 5.41) is 0. The monoisotopic (exact) mass is 291 g/mol. The number of fused-ring (bicyclic) bond motifs is 2. The van der Waals surface area contributed by atoms with Gasteiger partial charge in [-0.3, -0.25) is 4.79 Å². The minimum absolute atomic E-state index is 0.135. The normalized spacial score (nSPS) is 38.0. The molecule has 2 aliphatic carbocycles. The molecule has 1 aliphatic heterocycles. The van der Waals surface area contributed by atoms with Gasteiger partial charge in [0.25, 0.3) is 0 Å². The standard InChI is InChI=1S/C18H29NO2/c1-13-17(2,3)15-7-8-18(13,10-15)16(20)19-9-5-6-14(11-19)12-21-4/h14-15H,1,5-12H2,2-4H3. The summed E-state index contributed by atoms with van der Waals surface area (Å²) >= 11 is 0. The van der Waals surface area contributed by atoms with Crippen molar-refractivity contribution >= 4 is 5.91 Å². The van der Waals surface area contributed by atoms with Crippen LogP contribution in [0.3, 0.4) is 0 Å². The van der Waals surface area contributed by atoms with E-state index in [1.807, 2.05) is 0 Å². The van der Waals surface area contributed by atoms with Gasteiger partial charge in [-0.1, -0.05) is 26.0 Å². The van der Waals surface area contributed by atoms with E-state index < -0.39 is 0 Å². The maximum absolute atomic E-state index is 13.3. The van der Waals surface area contributed by atoms with Gasteiger partial charge in [0.1, 0.15) is 0 Å². The molecule has 3 unspecified atom stereocenters. The van der Waals surface area contributed by atoms with E-state index in [2.05, 4.69) is 25.3 Å². The van der Waals surface area contributed by atoms with Crippen molar-refractivity contribution in [1.82, 2.24) is 4.90 Å². The molecule has 0 aromatic carbocycles. The van der Waals surface area contributed by atoms with E-state index in [1.165, 1.54) is 18.4 Å². The Labute approximate surface area is 128 Å². The van der Waals surface area contributed by atoms with E-state index in [0.717, 1.165) is 39.0 Å². The lowest BCUT2D eigenvalue weighted by Gasteiger charge is -2.42. The second-order valence-electron chi connectivity index (χ2n) is 7.94. The number of hydrogen-bond donors (Lipinski definition) is 0. The van der Waals surface area contributed by atoms with Crippen LogP contribution >= 0.6 is 0 Å². The number of nitrogens with zero attached hydrogens (tertiary/aromatic N) is 1. The Bertz CT molecular complexity index is 454. The van der Waals surface area contributed by atoms with Crippen LogP contribution in [0.5, 0.6) is 0 Å². The largest absolute Gasteiger partial charge is 0.384 e. The van der Waals surface area contributed by atoms with E-state index in [-0.39, 0.29) is 10.8 Å². The van der Waals surface area contributed by atoms with E-state index in [0.29, 0.717) is 17.7 Å². The van der Waals surface area contributed by atoms with Gasteiger partial charge in [0.15, 0.2) is 0 Å². The zero-order valence-electron chi connectivity index (χ0n) is 13.8. The van der Waals surface area contributed by atoms with E-state index in [4.69, 9.17) is 4.74 Å². The Morgan fingerprint density at radius 2 is 2.19 bits per heavy atom. The average Bonchev–Trinajstić information content (AvgIpc) is 2.99. The van der Waals surface area contributed by atoms with Crippen LogP contribution in [0.25, 0.3) is 0 Å². The van der Waals surface area contributed by atoms with E-state index in [1.54, 1.807) is 7.11 Å². The summed E-state index contributed by atoms with van der Waals surface area (Å²) in [6.07, 6.45) is 5.52. The van der Waals surface area contributed by atoms with Crippen molar-refractivity contribution in [1.29, 1.82) is 0 Å². The molecule has 1 saturated heterocycles. The average molecular weight is 291 g/mol. The number of amides is 1. The molecule has 21 heavy (non-hydrogen) atoms. The number of carbonyl (C=O) groups excluding carboxylic acids is 1. The van der Waals surface area contributed by atoms with Gasteiger partial charge in [-0.15, -0.1) is 0 Å². The molecule has 1 amide bonds. The highest BCUT2D eigenvalue weighted by Gasteiger charge is 2.61. The number of rotatable bonds is 3. The molecule has 3 atom stereocenters. The fourth-order valence-electron chi connectivity index (χ4n) is 5.05. The third-order valence-electron chi connectivity index (χ3n) is 6.51. The zero-order valence-corrected chi connectivity index (χ0v) is 13.8. The summed E-state index contributed by atoms with van der Waals surface area (Å²) in [4.78, 5) is 15.4. The molecule has 3 heteroatoms. The minimum Gasteiger partial charge on any atom is -0.384 e. The molecule has 3 nitrogen and oxygen atoms in total. The highest BCUT2D eigenvalue weighted by Crippen LogP contribution is 2.66. The van der Waals surface area contributed by atoms with Gasteiger partial charge in [0.2, 0.25) is 5.91 Å². The predicted molar refractivity (Wildman–Crippen MR) is 83.9 cm³/mol. The molecule has 1 heterocycles. The number of carbonyl (C=O) groups is 1. The molecular formula is C18H29NO2. The molecular weight excluding hydrogens is 262 g/mol. The lowest BCUT2D eigenvalue weighted by molar-refractivity contribution is -0.142. The lowest BCUT2D eigenvalue weighted by Crippen LogP contribution is -2.48. The first-order valence-electron chi connectivity index (χ1n) is 8.40. The Morgan fingerprint density at radius 3 is 2.81 bits per heavy atom. The highest BCUT2D eigenvalue weighted by atomic mass is 16.5. The number of likely N-dealkylation sites (tertiary alicyclic amines) is 1. The first-order valence-corrected chi connectivity index (χ1v) is 8.40. The summed E-state index contributed by atoms with van der Waals surface area (Å²) in [5.74, 6) is 1.51. The van der Waals surface area contributed by atoms with Gasteiger partial charge in [-0.2, -0.15) is 0 Å². The van der Waals surface area contributed by atoms with Gasteiger partial charge < -0.3 is 9.64 Å². The molecule has 2 bridgehead atoms. The van der Waals surface area contributed by atoms with Crippen molar-refractivity contribution in [3.63, 3.8) is 0 Å². The lowest BCUT2D eigenvalue weighted by atomic mass is 9.68. The molecule has 3 aliphatic rings. The minimum atomic E-state index is -0.247. The molecule has 3 fully saturated rings. The maximum atomic E-state index is 13.3. The van der Waals surface area contributed by atoms with Crippen molar-refractivity contribution in [3.05, 3.63) is 12.2 Å². The Balaban J connectivity index is 1.78. The summed E-state index contributed by atoms with van der Waals surface area (Å²) in [6, 6.07) is 0. The smallest absolute Gasteiger partial charge is 0.232 e. The summed E-state index contributed by atoms with van der Waals surface area (Å²) in [7, 11) is 1.75. The van der Waals surface area contributed by atoms with E-state index >= 15 is 0 Å². The van der Waals surface area contributed by atoms with Crippen LogP contribution < -0.4 is 0 Å².